The van der Waals surface area contributed by atoms with E-state index in [9.17, 15) is 0 Å². The van der Waals surface area contributed by atoms with Gasteiger partial charge in [-0.05, 0) is 37.2 Å². The second-order valence-electron chi connectivity index (χ2n) is 4.48. The van der Waals surface area contributed by atoms with Crippen LogP contribution in [0.2, 0.25) is 0 Å². The molecule has 1 rings (SSSR count). The molecule has 0 amide bonds. The van der Waals surface area contributed by atoms with Crippen molar-refractivity contribution < 1.29 is 0 Å². The van der Waals surface area contributed by atoms with Crippen molar-refractivity contribution in [2.24, 2.45) is 0 Å². The first-order valence-electron chi connectivity index (χ1n) is 6.54. The fraction of sp³-hybridized carbons (Fsp3) is 0.500. The summed E-state index contributed by atoms with van der Waals surface area (Å²) in [6.07, 6.45) is 11.0. The van der Waals surface area contributed by atoms with E-state index in [2.05, 4.69) is 56.3 Å². The Kier molecular flexibility index (Phi) is 6.64. The van der Waals surface area contributed by atoms with Crippen molar-refractivity contribution in [3.05, 3.63) is 48.0 Å². The van der Waals surface area contributed by atoms with Crippen LogP contribution in [0.5, 0.6) is 0 Å². The molecule has 16 heavy (non-hydrogen) atoms. The molecule has 1 aromatic carbocycles. The molecule has 1 atom stereocenters. The second-order valence-corrected chi connectivity index (χ2v) is 4.48. The molecule has 0 N–H and O–H groups in total. The lowest BCUT2D eigenvalue weighted by molar-refractivity contribution is 0.608. The Hall–Kier alpha value is -1.04. The van der Waals surface area contributed by atoms with E-state index < -0.39 is 0 Å². The summed E-state index contributed by atoms with van der Waals surface area (Å²) in [5.41, 5.74) is 1.48. The lowest BCUT2D eigenvalue weighted by Gasteiger charge is -2.10. The predicted molar refractivity (Wildman–Crippen MR) is 72.8 cm³/mol. The van der Waals surface area contributed by atoms with Crippen molar-refractivity contribution in [3.8, 4) is 0 Å². The molecular weight excluding hydrogens is 192 g/mol. The summed E-state index contributed by atoms with van der Waals surface area (Å²) in [5, 5.41) is 0. The first-order chi connectivity index (χ1) is 7.84. The maximum Gasteiger partial charge on any atom is -0.0190 e. The van der Waals surface area contributed by atoms with Crippen LogP contribution in [-0.4, -0.2) is 0 Å². The Morgan fingerprint density at radius 2 is 1.81 bits per heavy atom. The molecule has 0 aliphatic rings. The highest BCUT2D eigenvalue weighted by molar-refractivity contribution is 5.18. The van der Waals surface area contributed by atoms with Crippen LogP contribution >= 0.6 is 0 Å². The maximum absolute atomic E-state index is 2.33. The first-order valence-corrected chi connectivity index (χ1v) is 6.54. The van der Waals surface area contributed by atoms with Gasteiger partial charge in [0.1, 0.15) is 0 Å². The number of unbranched alkanes of at least 4 members (excludes halogenated alkanes) is 2. The Labute approximate surface area is 100 Å². The van der Waals surface area contributed by atoms with Gasteiger partial charge in [0, 0.05) is 0 Å². The van der Waals surface area contributed by atoms with Crippen LogP contribution in [0.1, 0.15) is 57.4 Å². The monoisotopic (exact) mass is 216 g/mol. The van der Waals surface area contributed by atoms with Crippen LogP contribution in [0.3, 0.4) is 0 Å². The lowest BCUT2D eigenvalue weighted by Crippen LogP contribution is -1.92. The van der Waals surface area contributed by atoms with Crippen LogP contribution in [0.4, 0.5) is 0 Å². The molecule has 1 unspecified atom stereocenters. The fourth-order valence-corrected chi connectivity index (χ4v) is 1.95. The van der Waals surface area contributed by atoms with Crippen molar-refractivity contribution in [2.75, 3.05) is 0 Å². The first kappa shape index (κ1) is 13.0. The van der Waals surface area contributed by atoms with E-state index in [-0.39, 0.29) is 0 Å². The zero-order chi connectivity index (χ0) is 11.6. The largest absolute Gasteiger partial charge is 0.0888 e. The molecule has 0 saturated carbocycles. The molecule has 0 aromatic heterocycles. The van der Waals surface area contributed by atoms with Crippen molar-refractivity contribution in [3.63, 3.8) is 0 Å². The predicted octanol–water partition coefficient (Wildman–Crippen LogP) is 5.32. The molecule has 0 heteroatoms. The third-order valence-electron chi connectivity index (χ3n) is 3.03. The highest BCUT2D eigenvalue weighted by Crippen LogP contribution is 2.21. The van der Waals surface area contributed by atoms with Crippen LogP contribution in [0, 0.1) is 0 Å². The van der Waals surface area contributed by atoms with Gasteiger partial charge in [-0.25, -0.2) is 0 Å². The Balaban J connectivity index is 2.16. The fourth-order valence-electron chi connectivity index (χ4n) is 1.95. The van der Waals surface area contributed by atoms with Gasteiger partial charge in [0.25, 0.3) is 0 Å². The highest BCUT2D eigenvalue weighted by atomic mass is 14.1. The number of benzene rings is 1. The summed E-state index contributed by atoms with van der Waals surface area (Å²) in [6, 6.07) is 10.8. The SMILES string of the molecule is CC/C=C/CCCCC(C)c1ccccc1. The minimum Gasteiger partial charge on any atom is -0.0888 e. The van der Waals surface area contributed by atoms with Gasteiger partial charge in [-0.1, -0.05) is 62.8 Å². The zero-order valence-corrected chi connectivity index (χ0v) is 10.7. The molecular formula is C16H24. The average Bonchev–Trinajstić information content (AvgIpc) is 2.34. The summed E-state index contributed by atoms with van der Waals surface area (Å²) in [6.45, 7) is 4.52. The van der Waals surface area contributed by atoms with E-state index in [1.165, 1.54) is 37.7 Å². The summed E-state index contributed by atoms with van der Waals surface area (Å²) >= 11 is 0. The van der Waals surface area contributed by atoms with Crippen LogP contribution in [-0.2, 0) is 0 Å². The summed E-state index contributed by atoms with van der Waals surface area (Å²) in [5.74, 6) is 0.705. The van der Waals surface area contributed by atoms with Gasteiger partial charge in [-0.15, -0.1) is 0 Å². The average molecular weight is 216 g/mol. The van der Waals surface area contributed by atoms with Gasteiger partial charge in [0.05, 0.1) is 0 Å². The standard InChI is InChI=1S/C16H24/c1-3-4-5-6-7-9-12-15(2)16-13-10-8-11-14-16/h4-5,8,10-11,13-15H,3,6-7,9,12H2,1-2H3/b5-4+. The normalized spacial score (nSPS) is 13.1. The van der Waals surface area contributed by atoms with E-state index >= 15 is 0 Å². The molecule has 0 radical (unpaired) electrons. The molecule has 0 heterocycles. The third-order valence-corrected chi connectivity index (χ3v) is 3.03. The van der Waals surface area contributed by atoms with Crippen LogP contribution in [0.15, 0.2) is 42.5 Å². The smallest absolute Gasteiger partial charge is 0.0190 e. The van der Waals surface area contributed by atoms with Gasteiger partial charge in [0.15, 0.2) is 0 Å². The van der Waals surface area contributed by atoms with E-state index in [1.54, 1.807) is 0 Å². The van der Waals surface area contributed by atoms with Gasteiger partial charge >= 0.3 is 0 Å². The van der Waals surface area contributed by atoms with Crippen molar-refractivity contribution in [1.82, 2.24) is 0 Å². The van der Waals surface area contributed by atoms with Crippen LogP contribution in [0.25, 0.3) is 0 Å². The maximum atomic E-state index is 2.33. The van der Waals surface area contributed by atoms with Gasteiger partial charge in [-0.3, -0.25) is 0 Å². The Morgan fingerprint density at radius 3 is 2.50 bits per heavy atom. The minimum atomic E-state index is 0.705. The Morgan fingerprint density at radius 1 is 1.06 bits per heavy atom. The van der Waals surface area contributed by atoms with Gasteiger partial charge in [0.2, 0.25) is 0 Å². The molecule has 0 nitrogen and oxygen atoms in total. The number of allylic oxidation sites excluding steroid dienone is 2. The molecule has 0 bridgehead atoms. The molecule has 1 aromatic rings. The summed E-state index contributed by atoms with van der Waals surface area (Å²) in [4.78, 5) is 0. The number of rotatable bonds is 7. The highest BCUT2D eigenvalue weighted by Gasteiger charge is 2.03. The van der Waals surface area contributed by atoms with Crippen molar-refractivity contribution in [2.45, 2.75) is 51.9 Å². The molecule has 0 saturated heterocycles. The van der Waals surface area contributed by atoms with Crippen LogP contribution < -0.4 is 0 Å². The third kappa shape index (κ3) is 5.16. The zero-order valence-electron chi connectivity index (χ0n) is 10.7. The quantitative estimate of drug-likeness (QED) is 0.427. The number of hydrogen-bond donors (Lipinski definition) is 0. The lowest BCUT2D eigenvalue weighted by atomic mass is 9.95. The van der Waals surface area contributed by atoms with E-state index in [0.717, 1.165) is 0 Å². The van der Waals surface area contributed by atoms with Crippen molar-refractivity contribution in [1.29, 1.82) is 0 Å². The number of hydrogen-bond acceptors (Lipinski definition) is 0. The minimum absolute atomic E-state index is 0.705. The summed E-state index contributed by atoms with van der Waals surface area (Å²) < 4.78 is 0. The Bertz CT molecular complexity index is 284. The van der Waals surface area contributed by atoms with E-state index in [0.29, 0.717) is 5.92 Å². The van der Waals surface area contributed by atoms with E-state index in [1.807, 2.05) is 0 Å². The van der Waals surface area contributed by atoms with E-state index in [4.69, 9.17) is 0 Å². The molecule has 88 valence electrons. The van der Waals surface area contributed by atoms with Crippen molar-refractivity contribution >= 4 is 0 Å². The second kappa shape index (κ2) is 8.15. The molecule has 0 aliphatic heterocycles. The molecule has 0 aliphatic carbocycles. The molecule has 0 spiro atoms. The topological polar surface area (TPSA) is 0 Å². The van der Waals surface area contributed by atoms with Gasteiger partial charge in [-0.2, -0.15) is 0 Å². The van der Waals surface area contributed by atoms with Gasteiger partial charge < -0.3 is 0 Å². The molecule has 0 fully saturated rings. The summed E-state index contributed by atoms with van der Waals surface area (Å²) in [7, 11) is 0.